The Labute approximate surface area is 437 Å². The molecule has 0 aromatic carbocycles. The summed E-state index contributed by atoms with van der Waals surface area (Å²) in [7, 11) is 0. The summed E-state index contributed by atoms with van der Waals surface area (Å²) in [6, 6.07) is -0.628. The quantitative estimate of drug-likeness (QED) is 0.0321. The van der Waals surface area contributed by atoms with Crippen LogP contribution < -0.4 is 5.32 Å². The number of nitrogens with one attached hydrogen (secondary N) is 1. The van der Waals surface area contributed by atoms with Crippen LogP contribution in [0.2, 0.25) is 0 Å². The second-order valence-corrected chi connectivity index (χ2v) is 21.7. The van der Waals surface area contributed by atoms with Crippen molar-refractivity contribution in [3.05, 3.63) is 24.3 Å². The number of hydrogen-bond donors (Lipinski definition) is 3. The van der Waals surface area contributed by atoms with E-state index in [-0.39, 0.29) is 18.5 Å². The van der Waals surface area contributed by atoms with Crippen LogP contribution in [-0.2, 0) is 14.3 Å². The highest BCUT2D eigenvalue weighted by Crippen LogP contribution is 2.17. The Kier molecular flexibility index (Phi) is 58.5. The second kappa shape index (κ2) is 59.9. The van der Waals surface area contributed by atoms with E-state index in [4.69, 9.17) is 4.74 Å². The van der Waals surface area contributed by atoms with Crippen molar-refractivity contribution in [1.82, 2.24) is 5.32 Å². The molecule has 0 saturated carbocycles. The summed E-state index contributed by atoms with van der Waals surface area (Å²) in [6.45, 7) is 4.91. The Morgan fingerprint density at radius 2 is 0.671 bits per heavy atom. The van der Waals surface area contributed by atoms with Gasteiger partial charge in [0.05, 0.1) is 25.4 Å². The largest absolute Gasteiger partial charge is 0.466 e. The normalized spacial score (nSPS) is 12.7. The zero-order valence-corrected chi connectivity index (χ0v) is 47.3. The predicted molar refractivity (Wildman–Crippen MR) is 306 cm³/mol. The predicted octanol–water partition coefficient (Wildman–Crippen LogP) is 19.8. The van der Waals surface area contributed by atoms with E-state index in [1.807, 2.05) is 6.08 Å². The lowest BCUT2D eigenvalue weighted by molar-refractivity contribution is -0.143. The van der Waals surface area contributed by atoms with Crippen LogP contribution in [0.1, 0.15) is 348 Å². The molecule has 0 saturated heterocycles. The number of ether oxygens (including phenoxy) is 1. The topological polar surface area (TPSA) is 95.9 Å². The van der Waals surface area contributed by atoms with E-state index in [9.17, 15) is 19.8 Å². The summed E-state index contributed by atoms with van der Waals surface area (Å²) >= 11 is 0. The standard InChI is InChI=1S/C64H123NO5/c1-3-5-7-9-11-13-15-16-17-27-31-34-38-42-46-50-54-58-64(69)70-59-55-51-47-43-39-35-32-29-26-24-22-20-18-19-21-23-25-28-30-33-37-41-45-49-53-57-63(68)65-61(60-66)62(67)56-52-48-44-40-36-14-12-10-8-6-4-2/h19,21,52,56,61-62,66-67H,3-18,20,22-51,53-55,57-60H2,1-2H3,(H,65,68)/b21-19-,56-52+. The van der Waals surface area contributed by atoms with Crippen LogP contribution in [0.25, 0.3) is 0 Å². The Bertz CT molecular complexity index is 1090. The minimum absolute atomic E-state index is 0.0172. The lowest BCUT2D eigenvalue weighted by atomic mass is 10.0. The van der Waals surface area contributed by atoms with Gasteiger partial charge in [-0.3, -0.25) is 9.59 Å². The van der Waals surface area contributed by atoms with Gasteiger partial charge in [0.1, 0.15) is 0 Å². The van der Waals surface area contributed by atoms with Crippen LogP contribution in [0.5, 0.6) is 0 Å². The maximum Gasteiger partial charge on any atom is 0.305 e. The van der Waals surface area contributed by atoms with Gasteiger partial charge in [-0.1, -0.05) is 301 Å². The first-order chi connectivity index (χ1) is 34.5. The number of aliphatic hydroxyl groups excluding tert-OH is 2. The van der Waals surface area contributed by atoms with E-state index in [1.165, 1.54) is 283 Å². The van der Waals surface area contributed by atoms with E-state index < -0.39 is 12.1 Å². The Hall–Kier alpha value is -1.66. The fraction of sp³-hybridized carbons (Fsp3) is 0.906. The van der Waals surface area contributed by atoms with Crippen molar-refractivity contribution in [3.8, 4) is 0 Å². The molecule has 0 radical (unpaired) electrons. The smallest absolute Gasteiger partial charge is 0.305 e. The molecule has 0 aliphatic heterocycles. The SMILES string of the molecule is CCCCCCCCCCC/C=C/C(O)C(CO)NC(=O)CCCCCCCCCCC/C=C\CCCCCCCCCCCCCCOC(=O)CCCCCCCCCCCCCCCCCCC. The number of rotatable bonds is 59. The van der Waals surface area contributed by atoms with Crippen LogP contribution >= 0.6 is 0 Å². The summed E-state index contributed by atoms with van der Waals surface area (Å²) in [5, 5.41) is 23.0. The number of unbranched alkanes of at least 4 members (excludes halogenated alkanes) is 46. The molecule has 0 fully saturated rings. The molecule has 0 aliphatic rings. The van der Waals surface area contributed by atoms with Crippen LogP contribution in [0.4, 0.5) is 0 Å². The van der Waals surface area contributed by atoms with Crippen LogP contribution in [-0.4, -0.2) is 47.4 Å². The minimum Gasteiger partial charge on any atom is -0.466 e. The first-order valence-corrected chi connectivity index (χ1v) is 31.6. The summed E-state index contributed by atoms with van der Waals surface area (Å²) in [5.74, 6) is -0.0541. The van der Waals surface area contributed by atoms with Gasteiger partial charge in [-0.2, -0.15) is 0 Å². The molecule has 3 N–H and O–H groups in total. The van der Waals surface area contributed by atoms with Crippen LogP contribution in [0, 0.1) is 0 Å². The third-order valence-electron chi connectivity index (χ3n) is 14.7. The summed E-state index contributed by atoms with van der Waals surface area (Å²) in [6.07, 6.45) is 73.7. The van der Waals surface area contributed by atoms with Gasteiger partial charge in [0.25, 0.3) is 0 Å². The fourth-order valence-electron chi connectivity index (χ4n) is 9.87. The first kappa shape index (κ1) is 68.3. The molecule has 6 nitrogen and oxygen atoms in total. The van der Waals surface area contributed by atoms with Gasteiger partial charge in [-0.25, -0.2) is 0 Å². The number of esters is 1. The highest BCUT2D eigenvalue weighted by molar-refractivity contribution is 5.76. The molecule has 6 heteroatoms. The van der Waals surface area contributed by atoms with Crippen molar-refractivity contribution in [2.24, 2.45) is 0 Å². The molecule has 0 bridgehead atoms. The molecule has 0 rings (SSSR count). The summed E-state index contributed by atoms with van der Waals surface area (Å²) < 4.78 is 5.50. The average molecular weight is 987 g/mol. The summed E-state index contributed by atoms with van der Waals surface area (Å²) in [4.78, 5) is 24.5. The number of aliphatic hydroxyl groups is 2. The minimum atomic E-state index is -0.844. The highest BCUT2D eigenvalue weighted by atomic mass is 16.5. The molecule has 414 valence electrons. The highest BCUT2D eigenvalue weighted by Gasteiger charge is 2.18. The summed E-state index contributed by atoms with van der Waals surface area (Å²) in [5.41, 5.74) is 0. The van der Waals surface area contributed by atoms with Gasteiger partial charge in [-0.15, -0.1) is 0 Å². The maximum absolute atomic E-state index is 12.4. The Morgan fingerprint density at radius 1 is 0.386 bits per heavy atom. The van der Waals surface area contributed by atoms with Crippen molar-refractivity contribution in [2.45, 2.75) is 360 Å². The Morgan fingerprint density at radius 3 is 1.01 bits per heavy atom. The van der Waals surface area contributed by atoms with Gasteiger partial charge in [0.15, 0.2) is 0 Å². The molecule has 0 aromatic heterocycles. The molecule has 0 heterocycles. The molecule has 2 atom stereocenters. The fourth-order valence-corrected chi connectivity index (χ4v) is 9.87. The maximum atomic E-state index is 12.4. The molecule has 70 heavy (non-hydrogen) atoms. The average Bonchev–Trinajstić information content (AvgIpc) is 3.36. The molecular weight excluding hydrogens is 863 g/mol. The van der Waals surface area contributed by atoms with Gasteiger partial charge in [-0.05, 0) is 57.8 Å². The number of allylic oxidation sites excluding steroid dienone is 3. The van der Waals surface area contributed by atoms with E-state index >= 15 is 0 Å². The second-order valence-electron chi connectivity index (χ2n) is 21.7. The molecular formula is C64H123NO5. The first-order valence-electron chi connectivity index (χ1n) is 31.6. The van der Waals surface area contributed by atoms with Crippen molar-refractivity contribution in [1.29, 1.82) is 0 Å². The number of carbonyl (C=O) groups excluding carboxylic acids is 2. The molecule has 2 unspecified atom stereocenters. The van der Waals surface area contributed by atoms with Gasteiger partial charge >= 0.3 is 5.97 Å². The van der Waals surface area contributed by atoms with Crippen molar-refractivity contribution in [3.63, 3.8) is 0 Å². The van der Waals surface area contributed by atoms with Gasteiger partial charge in [0, 0.05) is 12.8 Å². The Balaban J connectivity index is 3.37. The zero-order valence-electron chi connectivity index (χ0n) is 47.3. The zero-order chi connectivity index (χ0) is 50.7. The van der Waals surface area contributed by atoms with Crippen LogP contribution in [0.15, 0.2) is 24.3 Å². The van der Waals surface area contributed by atoms with Gasteiger partial charge in [0.2, 0.25) is 5.91 Å². The monoisotopic (exact) mass is 986 g/mol. The molecule has 0 aromatic rings. The lowest BCUT2D eigenvalue weighted by Gasteiger charge is -2.20. The van der Waals surface area contributed by atoms with Crippen LogP contribution in [0.3, 0.4) is 0 Å². The molecule has 0 spiro atoms. The van der Waals surface area contributed by atoms with Crippen molar-refractivity contribution < 1.29 is 24.5 Å². The van der Waals surface area contributed by atoms with E-state index in [1.54, 1.807) is 6.08 Å². The van der Waals surface area contributed by atoms with E-state index in [2.05, 4.69) is 31.3 Å². The third kappa shape index (κ3) is 55.7. The van der Waals surface area contributed by atoms with E-state index in [0.29, 0.717) is 19.4 Å². The number of carbonyl (C=O) groups is 2. The third-order valence-corrected chi connectivity index (χ3v) is 14.7. The van der Waals surface area contributed by atoms with E-state index in [0.717, 1.165) is 38.5 Å². The molecule has 1 amide bonds. The van der Waals surface area contributed by atoms with Crippen molar-refractivity contribution >= 4 is 11.9 Å². The number of hydrogen-bond acceptors (Lipinski definition) is 5. The van der Waals surface area contributed by atoms with Crippen molar-refractivity contribution in [2.75, 3.05) is 13.2 Å². The number of amides is 1. The van der Waals surface area contributed by atoms with Gasteiger partial charge < -0.3 is 20.3 Å². The molecule has 0 aliphatic carbocycles. The lowest BCUT2D eigenvalue weighted by Crippen LogP contribution is -2.45.